The Labute approximate surface area is 136 Å². The van der Waals surface area contributed by atoms with Crippen LogP contribution in [0.15, 0.2) is 36.9 Å². The molecule has 0 spiro atoms. The lowest BCUT2D eigenvalue weighted by molar-refractivity contribution is 0.0375. The highest BCUT2D eigenvalue weighted by molar-refractivity contribution is 5.89. The molecule has 0 aliphatic carbocycles. The Kier molecular flexibility index (Phi) is 4.96. The molecule has 0 radical (unpaired) electrons. The SMILES string of the molecule is C=CCN1C2CCCC1CC(NC(=O)Nc1cccc(F)c1)C2. The molecule has 1 aromatic rings. The van der Waals surface area contributed by atoms with E-state index in [4.69, 9.17) is 0 Å². The van der Waals surface area contributed by atoms with Gasteiger partial charge in [-0.2, -0.15) is 0 Å². The van der Waals surface area contributed by atoms with Crippen molar-refractivity contribution in [3.63, 3.8) is 0 Å². The molecule has 2 heterocycles. The summed E-state index contributed by atoms with van der Waals surface area (Å²) in [5, 5.41) is 5.77. The van der Waals surface area contributed by atoms with Crippen molar-refractivity contribution in [1.29, 1.82) is 0 Å². The molecule has 0 saturated carbocycles. The predicted octanol–water partition coefficient (Wildman–Crippen LogP) is 3.52. The Morgan fingerprint density at radius 3 is 2.74 bits per heavy atom. The fraction of sp³-hybridized carbons (Fsp3) is 0.500. The molecule has 2 saturated heterocycles. The van der Waals surface area contributed by atoms with Crippen LogP contribution in [0.4, 0.5) is 14.9 Å². The van der Waals surface area contributed by atoms with Gasteiger partial charge in [0.25, 0.3) is 0 Å². The monoisotopic (exact) mass is 317 g/mol. The van der Waals surface area contributed by atoms with E-state index in [0.29, 0.717) is 17.8 Å². The first kappa shape index (κ1) is 16.0. The minimum Gasteiger partial charge on any atom is -0.335 e. The minimum atomic E-state index is -0.352. The fourth-order valence-corrected chi connectivity index (χ4v) is 3.96. The molecule has 1 aromatic carbocycles. The van der Waals surface area contributed by atoms with Crippen LogP contribution in [-0.4, -0.2) is 35.6 Å². The molecule has 5 heteroatoms. The molecule has 2 N–H and O–H groups in total. The van der Waals surface area contributed by atoms with Crippen molar-refractivity contribution >= 4 is 11.7 Å². The standard InChI is InChI=1S/C18H24FN3O/c1-2-9-22-16-7-4-8-17(22)12-15(11-16)21-18(23)20-14-6-3-5-13(19)10-14/h2-3,5-6,10,15-17H,1,4,7-9,11-12H2,(H2,20,21,23). The van der Waals surface area contributed by atoms with E-state index in [9.17, 15) is 9.18 Å². The third kappa shape index (κ3) is 3.91. The quantitative estimate of drug-likeness (QED) is 0.835. The number of benzene rings is 1. The van der Waals surface area contributed by atoms with E-state index < -0.39 is 0 Å². The molecule has 2 aliphatic heterocycles. The zero-order valence-corrected chi connectivity index (χ0v) is 13.3. The first-order chi connectivity index (χ1) is 11.2. The van der Waals surface area contributed by atoms with Gasteiger partial charge in [0.1, 0.15) is 5.82 Å². The highest BCUT2D eigenvalue weighted by Gasteiger charge is 2.37. The maximum absolute atomic E-state index is 13.2. The van der Waals surface area contributed by atoms with E-state index in [-0.39, 0.29) is 17.9 Å². The number of nitrogens with zero attached hydrogens (tertiary/aromatic N) is 1. The van der Waals surface area contributed by atoms with Crippen LogP contribution in [0.5, 0.6) is 0 Å². The second kappa shape index (κ2) is 7.13. The molecular weight excluding hydrogens is 293 g/mol. The number of hydrogen-bond donors (Lipinski definition) is 2. The Bertz CT molecular complexity index is 563. The summed E-state index contributed by atoms with van der Waals surface area (Å²) in [5.41, 5.74) is 0.479. The molecule has 4 nitrogen and oxygen atoms in total. The molecule has 0 aromatic heterocycles. The first-order valence-electron chi connectivity index (χ1n) is 8.35. The first-order valence-corrected chi connectivity index (χ1v) is 8.35. The maximum Gasteiger partial charge on any atom is 0.319 e. The number of amides is 2. The van der Waals surface area contributed by atoms with Crippen molar-refractivity contribution in [3.05, 3.63) is 42.7 Å². The second-order valence-electron chi connectivity index (χ2n) is 6.50. The molecule has 23 heavy (non-hydrogen) atoms. The summed E-state index contributed by atoms with van der Waals surface area (Å²) in [6.07, 6.45) is 7.56. The van der Waals surface area contributed by atoms with Crippen LogP contribution in [0.25, 0.3) is 0 Å². The molecule has 124 valence electrons. The summed E-state index contributed by atoms with van der Waals surface area (Å²) in [4.78, 5) is 14.7. The Morgan fingerprint density at radius 1 is 1.35 bits per heavy atom. The van der Waals surface area contributed by atoms with E-state index in [2.05, 4.69) is 22.1 Å². The van der Waals surface area contributed by atoms with Crippen molar-refractivity contribution in [3.8, 4) is 0 Å². The molecule has 2 atom stereocenters. The molecule has 3 rings (SSSR count). The summed E-state index contributed by atoms with van der Waals surface area (Å²) >= 11 is 0. The summed E-state index contributed by atoms with van der Waals surface area (Å²) < 4.78 is 13.2. The molecule has 2 fully saturated rings. The number of rotatable bonds is 4. The molecule has 2 unspecified atom stereocenters. The van der Waals surface area contributed by atoms with Gasteiger partial charge in [0, 0.05) is 30.4 Å². The van der Waals surface area contributed by atoms with Crippen LogP contribution in [0.1, 0.15) is 32.1 Å². The van der Waals surface area contributed by atoms with Crippen molar-refractivity contribution in [2.45, 2.75) is 50.2 Å². The third-order valence-electron chi connectivity index (χ3n) is 4.88. The van der Waals surface area contributed by atoms with E-state index >= 15 is 0 Å². The molecule has 2 amide bonds. The third-order valence-corrected chi connectivity index (χ3v) is 4.88. The minimum absolute atomic E-state index is 0.180. The van der Waals surface area contributed by atoms with Gasteiger partial charge in [0.15, 0.2) is 0 Å². The van der Waals surface area contributed by atoms with Gasteiger partial charge in [-0.15, -0.1) is 6.58 Å². The van der Waals surface area contributed by atoms with Gasteiger partial charge >= 0.3 is 6.03 Å². The maximum atomic E-state index is 13.2. The largest absolute Gasteiger partial charge is 0.335 e. The molecule has 2 aliphatic rings. The smallest absolute Gasteiger partial charge is 0.319 e. The fourth-order valence-electron chi connectivity index (χ4n) is 3.96. The van der Waals surface area contributed by atoms with E-state index in [1.54, 1.807) is 12.1 Å². The lowest BCUT2D eigenvalue weighted by atomic mass is 9.82. The summed E-state index contributed by atoms with van der Waals surface area (Å²) in [5.74, 6) is -0.352. The van der Waals surface area contributed by atoms with Crippen LogP contribution in [0, 0.1) is 5.82 Å². The van der Waals surface area contributed by atoms with Crippen molar-refractivity contribution in [2.75, 3.05) is 11.9 Å². The van der Waals surface area contributed by atoms with Gasteiger partial charge in [0.2, 0.25) is 0 Å². The average Bonchev–Trinajstić information content (AvgIpc) is 2.48. The van der Waals surface area contributed by atoms with Crippen LogP contribution in [-0.2, 0) is 0 Å². The van der Waals surface area contributed by atoms with Crippen LogP contribution in [0.3, 0.4) is 0 Å². The Hall–Kier alpha value is -1.88. The van der Waals surface area contributed by atoms with Gasteiger partial charge in [-0.3, -0.25) is 4.90 Å². The van der Waals surface area contributed by atoms with Crippen LogP contribution < -0.4 is 10.6 Å². The lowest BCUT2D eigenvalue weighted by Crippen LogP contribution is -2.57. The topological polar surface area (TPSA) is 44.4 Å². The second-order valence-corrected chi connectivity index (χ2v) is 6.50. The van der Waals surface area contributed by atoms with Gasteiger partial charge in [-0.25, -0.2) is 9.18 Å². The van der Waals surface area contributed by atoms with E-state index in [1.165, 1.54) is 31.4 Å². The number of urea groups is 1. The number of hydrogen-bond acceptors (Lipinski definition) is 2. The number of halogens is 1. The van der Waals surface area contributed by atoms with Gasteiger partial charge in [0.05, 0.1) is 0 Å². The number of piperidine rings is 2. The zero-order chi connectivity index (χ0) is 16.2. The number of carbonyl (C=O) groups excluding carboxylic acids is 1. The van der Waals surface area contributed by atoms with Crippen LogP contribution >= 0.6 is 0 Å². The van der Waals surface area contributed by atoms with Crippen LogP contribution in [0.2, 0.25) is 0 Å². The van der Waals surface area contributed by atoms with Crippen molar-refractivity contribution in [1.82, 2.24) is 10.2 Å². The summed E-state index contributed by atoms with van der Waals surface area (Å²) in [6, 6.07) is 6.93. The van der Waals surface area contributed by atoms with Gasteiger partial charge in [-0.1, -0.05) is 18.6 Å². The number of fused-ring (bicyclic) bond motifs is 2. The van der Waals surface area contributed by atoms with E-state index in [0.717, 1.165) is 19.4 Å². The van der Waals surface area contributed by atoms with Crippen molar-refractivity contribution < 1.29 is 9.18 Å². The number of carbonyl (C=O) groups is 1. The highest BCUT2D eigenvalue weighted by Crippen LogP contribution is 2.33. The number of nitrogens with one attached hydrogen (secondary N) is 2. The zero-order valence-electron chi connectivity index (χ0n) is 13.3. The Morgan fingerprint density at radius 2 is 2.09 bits per heavy atom. The van der Waals surface area contributed by atoms with Gasteiger partial charge in [-0.05, 0) is 43.9 Å². The normalized spacial score (nSPS) is 27.3. The molecule has 2 bridgehead atoms. The van der Waals surface area contributed by atoms with Gasteiger partial charge < -0.3 is 10.6 Å². The summed E-state index contributed by atoms with van der Waals surface area (Å²) in [7, 11) is 0. The number of anilines is 1. The van der Waals surface area contributed by atoms with Crippen molar-refractivity contribution in [2.24, 2.45) is 0 Å². The lowest BCUT2D eigenvalue weighted by Gasteiger charge is -2.48. The predicted molar refractivity (Wildman–Crippen MR) is 89.9 cm³/mol. The molecular formula is C18H24FN3O. The van der Waals surface area contributed by atoms with E-state index in [1.807, 2.05) is 6.08 Å². The average molecular weight is 317 g/mol. The Balaban J connectivity index is 1.56. The summed E-state index contributed by atoms with van der Waals surface area (Å²) in [6.45, 7) is 4.78. The highest BCUT2D eigenvalue weighted by atomic mass is 19.1.